The molecule has 1 amide bonds. The van der Waals surface area contributed by atoms with Gasteiger partial charge in [0.25, 0.3) is 0 Å². The number of carbonyl (C=O) groups excluding carboxylic acids is 1. The van der Waals surface area contributed by atoms with Crippen molar-refractivity contribution in [2.75, 3.05) is 45.8 Å². The number of hydrogen-bond acceptors (Lipinski definition) is 3. The summed E-state index contributed by atoms with van der Waals surface area (Å²) < 4.78 is 0. The van der Waals surface area contributed by atoms with Gasteiger partial charge in [-0.1, -0.05) is 13.8 Å². The molecule has 0 aromatic carbocycles. The Labute approximate surface area is 117 Å². The Balaban J connectivity index is 1.78. The van der Waals surface area contributed by atoms with E-state index in [1.165, 1.54) is 6.42 Å². The van der Waals surface area contributed by atoms with Crippen molar-refractivity contribution >= 4 is 5.91 Å². The minimum Gasteiger partial charge on any atom is -0.342 e. The Bertz CT molecular complexity index is 285. The van der Waals surface area contributed by atoms with E-state index >= 15 is 0 Å². The summed E-state index contributed by atoms with van der Waals surface area (Å²) in [6.45, 7) is 11.7. The van der Waals surface area contributed by atoms with Gasteiger partial charge < -0.3 is 15.1 Å². The van der Waals surface area contributed by atoms with Crippen LogP contribution in [0, 0.1) is 11.8 Å². The van der Waals surface area contributed by atoms with Crippen LogP contribution in [-0.2, 0) is 4.79 Å². The van der Waals surface area contributed by atoms with Gasteiger partial charge in [-0.2, -0.15) is 0 Å². The number of piperidine rings is 1. The van der Waals surface area contributed by atoms with E-state index in [1.54, 1.807) is 0 Å². The van der Waals surface area contributed by atoms with E-state index in [1.807, 2.05) is 0 Å². The largest absolute Gasteiger partial charge is 0.342 e. The lowest BCUT2D eigenvalue weighted by atomic mass is 9.98. The van der Waals surface area contributed by atoms with Crippen LogP contribution in [-0.4, -0.2) is 61.5 Å². The molecule has 2 aliphatic heterocycles. The summed E-state index contributed by atoms with van der Waals surface area (Å²) in [7, 11) is 0. The lowest BCUT2D eigenvalue weighted by molar-refractivity contribution is -0.135. The fourth-order valence-electron chi connectivity index (χ4n) is 3.35. The first-order chi connectivity index (χ1) is 9.24. The molecule has 4 nitrogen and oxygen atoms in total. The van der Waals surface area contributed by atoms with Crippen molar-refractivity contribution in [1.29, 1.82) is 0 Å². The van der Waals surface area contributed by atoms with Crippen molar-refractivity contribution < 1.29 is 4.79 Å². The van der Waals surface area contributed by atoms with Crippen molar-refractivity contribution in [2.24, 2.45) is 11.8 Å². The van der Waals surface area contributed by atoms with Crippen molar-refractivity contribution in [3.63, 3.8) is 0 Å². The molecular weight excluding hydrogens is 238 g/mol. The zero-order valence-corrected chi connectivity index (χ0v) is 12.5. The number of amides is 1. The average Bonchev–Trinajstić information content (AvgIpc) is 2.93. The van der Waals surface area contributed by atoms with Gasteiger partial charge in [0.2, 0.25) is 5.91 Å². The summed E-state index contributed by atoms with van der Waals surface area (Å²) >= 11 is 0. The predicted molar refractivity (Wildman–Crippen MR) is 78.1 cm³/mol. The normalized spacial score (nSPS) is 28.1. The van der Waals surface area contributed by atoms with E-state index in [0.29, 0.717) is 11.8 Å². The molecule has 0 saturated carbocycles. The highest BCUT2D eigenvalue weighted by Crippen LogP contribution is 2.21. The molecule has 2 unspecified atom stereocenters. The SMILES string of the molecule is CCN(CC)CC1CCN(C(=O)C2CCCNC2)C1. The van der Waals surface area contributed by atoms with Crippen LogP contribution in [0.25, 0.3) is 0 Å². The molecule has 4 heteroatoms. The van der Waals surface area contributed by atoms with Gasteiger partial charge in [0.1, 0.15) is 0 Å². The van der Waals surface area contributed by atoms with Crippen molar-refractivity contribution in [2.45, 2.75) is 33.1 Å². The van der Waals surface area contributed by atoms with Crippen LogP contribution in [0.5, 0.6) is 0 Å². The third kappa shape index (κ3) is 3.93. The second-order valence-electron chi connectivity index (χ2n) is 5.97. The van der Waals surface area contributed by atoms with Crippen LogP contribution in [0.15, 0.2) is 0 Å². The van der Waals surface area contributed by atoms with Crippen LogP contribution in [0.4, 0.5) is 0 Å². The molecule has 2 saturated heterocycles. The van der Waals surface area contributed by atoms with Crippen molar-refractivity contribution in [1.82, 2.24) is 15.1 Å². The maximum absolute atomic E-state index is 12.4. The van der Waals surface area contributed by atoms with E-state index in [9.17, 15) is 4.79 Å². The first-order valence-electron chi connectivity index (χ1n) is 7.96. The van der Waals surface area contributed by atoms with E-state index in [0.717, 1.165) is 58.7 Å². The Morgan fingerprint density at radius 2 is 2.11 bits per heavy atom. The van der Waals surface area contributed by atoms with Gasteiger partial charge in [0, 0.05) is 26.2 Å². The molecule has 0 bridgehead atoms. The van der Waals surface area contributed by atoms with Gasteiger partial charge in [0.05, 0.1) is 5.92 Å². The number of carbonyl (C=O) groups is 1. The van der Waals surface area contributed by atoms with Crippen LogP contribution < -0.4 is 5.32 Å². The molecule has 0 aliphatic carbocycles. The Kier molecular flexibility index (Phi) is 5.64. The number of likely N-dealkylation sites (tertiary alicyclic amines) is 1. The summed E-state index contributed by atoms with van der Waals surface area (Å²) in [5.41, 5.74) is 0. The van der Waals surface area contributed by atoms with Gasteiger partial charge in [0.15, 0.2) is 0 Å². The van der Waals surface area contributed by atoms with Crippen molar-refractivity contribution in [3.05, 3.63) is 0 Å². The molecule has 2 aliphatic rings. The topological polar surface area (TPSA) is 35.6 Å². The fourth-order valence-corrected chi connectivity index (χ4v) is 3.35. The van der Waals surface area contributed by atoms with Crippen molar-refractivity contribution in [3.8, 4) is 0 Å². The van der Waals surface area contributed by atoms with E-state index in [4.69, 9.17) is 0 Å². The first-order valence-corrected chi connectivity index (χ1v) is 7.96. The molecule has 0 radical (unpaired) electrons. The standard InChI is InChI=1S/C15H29N3O/c1-3-17(4-2)11-13-7-9-18(12-13)15(19)14-6-5-8-16-10-14/h13-14,16H,3-12H2,1-2H3. The summed E-state index contributed by atoms with van der Waals surface area (Å²) in [6, 6.07) is 0. The number of rotatable bonds is 5. The minimum absolute atomic E-state index is 0.237. The molecular formula is C15H29N3O. The summed E-state index contributed by atoms with van der Waals surface area (Å²) in [6.07, 6.45) is 3.40. The Hall–Kier alpha value is -0.610. The molecule has 2 rings (SSSR count). The summed E-state index contributed by atoms with van der Waals surface area (Å²) in [5.74, 6) is 1.32. The van der Waals surface area contributed by atoms with E-state index in [2.05, 4.69) is 29.0 Å². The maximum Gasteiger partial charge on any atom is 0.226 e. The van der Waals surface area contributed by atoms with Gasteiger partial charge in [-0.3, -0.25) is 4.79 Å². The highest BCUT2D eigenvalue weighted by atomic mass is 16.2. The number of hydrogen-bond donors (Lipinski definition) is 1. The second kappa shape index (κ2) is 7.25. The van der Waals surface area contributed by atoms with Crippen LogP contribution in [0.1, 0.15) is 33.1 Å². The summed E-state index contributed by atoms with van der Waals surface area (Å²) in [4.78, 5) is 17.0. The lowest BCUT2D eigenvalue weighted by Crippen LogP contribution is -2.42. The first kappa shape index (κ1) is 14.8. The molecule has 1 N–H and O–H groups in total. The molecule has 2 fully saturated rings. The number of nitrogens with one attached hydrogen (secondary N) is 1. The molecule has 2 heterocycles. The highest BCUT2D eigenvalue weighted by molar-refractivity contribution is 5.79. The lowest BCUT2D eigenvalue weighted by Gasteiger charge is -2.27. The third-order valence-electron chi connectivity index (χ3n) is 4.65. The van der Waals surface area contributed by atoms with Crippen LogP contribution >= 0.6 is 0 Å². The van der Waals surface area contributed by atoms with Crippen LogP contribution in [0.3, 0.4) is 0 Å². The molecule has 0 spiro atoms. The quantitative estimate of drug-likeness (QED) is 0.812. The fraction of sp³-hybridized carbons (Fsp3) is 0.933. The van der Waals surface area contributed by atoms with Gasteiger partial charge in [-0.25, -0.2) is 0 Å². The zero-order valence-electron chi connectivity index (χ0n) is 12.5. The molecule has 0 aromatic rings. The summed E-state index contributed by atoms with van der Waals surface area (Å²) in [5, 5.41) is 3.35. The molecule has 110 valence electrons. The van der Waals surface area contributed by atoms with Crippen LogP contribution in [0.2, 0.25) is 0 Å². The average molecular weight is 267 g/mol. The third-order valence-corrected chi connectivity index (χ3v) is 4.65. The van der Waals surface area contributed by atoms with E-state index in [-0.39, 0.29) is 5.92 Å². The van der Waals surface area contributed by atoms with Gasteiger partial charge in [-0.05, 0) is 44.8 Å². The second-order valence-corrected chi connectivity index (χ2v) is 5.97. The zero-order chi connectivity index (χ0) is 13.7. The number of nitrogens with zero attached hydrogens (tertiary/aromatic N) is 2. The molecule has 2 atom stereocenters. The molecule has 19 heavy (non-hydrogen) atoms. The van der Waals surface area contributed by atoms with Gasteiger partial charge >= 0.3 is 0 Å². The Morgan fingerprint density at radius 1 is 1.32 bits per heavy atom. The monoisotopic (exact) mass is 267 g/mol. The smallest absolute Gasteiger partial charge is 0.226 e. The van der Waals surface area contributed by atoms with Gasteiger partial charge in [-0.15, -0.1) is 0 Å². The highest BCUT2D eigenvalue weighted by Gasteiger charge is 2.31. The maximum atomic E-state index is 12.4. The predicted octanol–water partition coefficient (Wildman–Crippen LogP) is 1.18. The minimum atomic E-state index is 0.237. The molecule has 0 aromatic heterocycles. The Morgan fingerprint density at radius 3 is 2.74 bits per heavy atom. The van der Waals surface area contributed by atoms with E-state index < -0.39 is 0 Å².